The van der Waals surface area contributed by atoms with Crippen LogP contribution in [0, 0.1) is 0 Å². The van der Waals surface area contributed by atoms with Crippen LogP contribution in [-0.4, -0.2) is 37.8 Å². The topological polar surface area (TPSA) is 116 Å². The minimum Gasteiger partial charge on any atom is -0.453 e. The molecule has 25 heavy (non-hydrogen) atoms. The normalized spacial score (nSPS) is 11.8. The maximum atomic E-state index is 12.1. The number of carbonyl (C=O) groups is 1. The summed E-state index contributed by atoms with van der Waals surface area (Å²) in [6, 6.07) is 2.61. The zero-order valence-corrected chi connectivity index (χ0v) is 16.0. The zero-order valence-electron chi connectivity index (χ0n) is 12.9. The van der Waals surface area contributed by atoms with Gasteiger partial charge in [0.15, 0.2) is 10.8 Å². The molecule has 2 aromatic heterocycles. The number of esters is 1. The van der Waals surface area contributed by atoms with Gasteiger partial charge in [-0.05, 0) is 12.1 Å². The minimum absolute atomic E-state index is 0.0761. The van der Waals surface area contributed by atoms with Gasteiger partial charge in [0.05, 0.1) is 10.7 Å². The summed E-state index contributed by atoms with van der Waals surface area (Å²) in [5.41, 5.74) is 5.20. The van der Waals surface area contributed by atoms with Crippen molar-refractivity contribution in [3.63, 3.8) is 0 Å². The molecule has 0 spiro atoms. The van der Waals surface area contributed by atoms with Gasteiger partial charge in [-0.3, -0.25) is 0 Å². The van der Waals surface area contributed by atoms with E-state index < -0.39 is 16.0 Å². The van der Waals surface area contributed by atoms with E-state index in [-0.39, 0.29) is 44.0 Å². The Labute approximate surface area is 158 Å². The summed E-state index contributed by atoms with van der Waals surface area (Å²) in [6.07, 6.45) is 0. The average molecular weight is 429 g/mol. The van der Waals surface area contributed by atoms with Crippen LogP contribution in [0.1, 0.15) is 16.2 Å². The predicted molar refractivity (Wildman–Crippen MR) is 92.4 cm³/mol. The van der Waals surface area contributed by atoms with Gasteiger partial charge in [-0.25, -0.2) is 22.5 Å². The number of nitrogens with two attached hydrogens (primary N) is 1. The molecule has 0 saturated carbocycles. The second-order valence-corrected chi connectivity index (χ2v) is 8.07. The molecule has 0 aromatic carbocycles. The van der Waals surface area contributed by atoms with Crippen LogP contribution in [0.3, 0.4) is 0 Å². The summed E-state index contributed by atoms with van der Waals surface area (Å²) in [4.78, 5) is 15.8. The van der Waals surface area contributed by atoms with Gasteiger partial charge in [0, 0.05) is 14.1 Å². The molecular weight excluding hydrogens is 417 g/mol. The average Bonchev–Trinajstić information content (AvgIpc) is 3.03. The molecule has 0 unspecified atom stereocenters. The van der Waals surface area contributed by atoms with Gasteiger partial charge in [-0.15, -0.1) is 0 Å². The summed E-state index contributed by atoms with van der Waals surface area (Å²) in [5.74, 6) is -0.818. The molecule has 0 bridgehead atoms. The Morgan fingerprint density at radius 1 is 1.28 bits per heavy atom. The van der Waals surface area contributed by atoms with Gasteiger partial charge in [-0.1, -0.05) is 34.8 Å². The smallest absolute Gasteiger partial charge is 0.359 e. The molecule has 0 amide bonds. The Morgan fingerprint density at radius 3 is 2.52 bits per heavy atom. The summed E-state index contributed by atoms with van der Waals surface area (Å²) in [7, 11) is -1.00. The summed E-state index contributed by atoms with van der Waals surface area (Å²) in [6.45, 7) is -0.347. The van der Waals surface area contributed by atoms with Crippen molar-refractivity contribution < 1.29 is 22.4 Å². The van der Waals surface area contributed by atoms with Crippen LogP contribution in [0.4, 0.5) is 5.69 Å². The number of furan rings is 1. The molecular formula is C13H12Cl3N3O5S. The lowest BCUT2D eigenvalue weighted by Crippen LogP contribution is -2.21. The fraction of sp³-hybridized carbons (Fsp3) is 0.231. The van der Waals surface area contributed by atoms with E-state index in [4.69, 9.17) is 49.7 Å². The van der Waals surface area contributed by atoms with E-state index in [0.29, 0.717) is 0 Å². The number of aromatic nitrogens is 1. The molecule has 0 aliphatic carbocycles. The SMILES string of the molecule is CN(C)S(=O)(=O)c1ccc(COC(=O)c2nc(Cl)c(Cl)c(N)c2Cl)o1. The molecule has 12 heteroatoms. The third kappa shape index (κ3) is 4.01. The first kappa shape index (κ1) is 19.8. The van der Waals surface area contributed by atoms with Crippen molar-refractivity contribution in [2.75, 3.05) is 19.8 Å². The zero-order chi connectivity index (χ0) is 18.9. The molecule has 0 saturated heterocycles. The summed E-state index contributed by atoms with van der Waals surface area (Å²) in [5, 5.41) is -0.756. The molecule has 0 aliphatic heterocycles. The van der Waals surface area contributed by atoms with Gasteiger partial charge in [0.25, 0.3) is 10.0 Å². The number of carbonyl (C=O) groups excluding carboxylic acids is 1. The van der Waals surface area contributed by atoms with Crippen molar-refractivity contribution in [3.8, 4) is 0 Å². The van der Waals surface area contributed by atoms with Gasteiger partial charge >= 0.3 is 5.97 Å². The first-order valence-electron chi connectivity index (χ1n) is 6.54. The number of nitrogen functional groups attached to an aromatic ring is 1. The molecule has 8 nitrogen and oxygen atoms in total. The fourth-order valence-corrected chi connectivity index (χ4v) is 3.02. The maximum absolute atomic E-state index is 12.1. The molecule has 0 radical (unpaired) electrons. The Kier molecular flexibility index (Phi) is 5.85. The van der Waals surface area contributed by atoms with Crippen molar-refractivity contribution >= 4 is 56.5 Å². The largest absolute Gasteiger partial charge is 0.453 e. The highest BCUT2D eigenvalue weighted by molar-refractivity contribution is 7.88. The molecule has 2 heterocycles. The highest BCUT2D eigenvalue weighted by atomic mass is 35.5. The van der Waals surface area contributed by atoms with Gasteiger partial charge < -0.3 is 14.9 Å². The summed E-state index contributed by atoms with van der Waals surface area (Å²) < 4.78 is 35.0. The van der Waals surface area contributed by atoms with Crippen LogP contribution in [0.2, 0.25) is 15.2 Å². The van der Waals surface area contributed by atoms with E-state index in [1.54, 1.807) is 0 Å². The number of pyridine rings is 1. The highest BCUT2D eigenvalue weighted by Crippen LogP contribution is 2.34. The Balaban J connectivity index is 2.16. The highest BCUT2D eigenvalue weighted by Gasteiger charge is 2.23. The lowest BCUT2D eigenvalue weighted by atomic mass is 10.3. The van der Waals surface area contributed by atoms with Crippen molar-refractivity contribution in [1.29, 1.82) is 0 Å². The molecule has 2 aromatic rings. The van der Waals surface area contributed by atoms with Crippen molar-refractivity contribution in [2.45, 2.75) is 11.7 Å². The quantitative estimate of drug-likeness (QED) is 0.575. The molecule has 2 N–H and O–H groups in total. The number of ether oxygens (including phenoxy) is 1. The lowest BCUT2D eigenvalue weighted by molar-refractivity contribution is 0.0434. The van der Waals surface area contributed by atoms with Gasteiger partial charge in [-0.2, -0.15) is 0 Å². The van der Waals surface area contributed by atoms with E-state index in [0.717, 1.165) is 4.31 Å². The van der Waals surface area contributed by atoms with Crippen LogP contribution >= 0.6 is 34.8 Å². The molecule has 0 atom stereocenters. The standard InChI is InChI=1S/C13H12Cl3N3O5S/c1-19(2)25(21,22)7-4-3-6(24-7)5-23-13(20)11-8(14)10(17)9(15)12(16)18-11/h3-4H,5H2,1-2H3,(H2,17,18). The second-order valence-electron chi connectivity index (χ2n) is 4.88. The number of nitrogens with zero attached hydrogens (tertiary/aromatic N) is 2. The van der Waals surface area contributed by atoms with E-state index in [2.05, 4.69) is 4.98 Å². The Hall–Kier alpha value is -1.52. The van der Waals surface area contributed by atoms with Crippen LogP contribution < -0.4 is 5.73 Å². The van der Waals surface area contributed by atoms with Crippen molar-refractivity contribution in [2.24, 2.45) is 0 Å². The number of halogens is 3. The van der Waals surface area contributed by atoms with E-state index >= 15 is 0 Å². The van der Waals surface area contributed by atoms with E-state index in [9.17, 15) is 13.2 Å². The van der Waals surface area contributed by atoms with Gasteiger partial charge in [0.2, 0.25) is 5.09 Å². The van der Waals surface area contributed by atoms with E-state index in [1.807, 2.05) is 0 Å². The maximum Gasteiger partial charge on any atom is 0.359 e. The Morgan fingerprint density at radius 2 is 1.92 bits per heavy atom. The molecule has 0 aliphatic rings. The van der Waals surface area contributed by atoms with Crippen LogP contribution in [0.15, 0.2) is 21.6 Å². The lowest BCUT2D eigenvalue weighted by Gasteiger charge is -2.09. The predicted octanol–water partition coefficient (Wildman–Crippen LogP) is 2.82. The Bertz CT molecular complexity index is 927. The first-order valence-corrected chi connectivity index (χ1v) is 9.11. The van der Waals surface area contributed by atoms with Crippen molar-refractivity contribution in [3.05, 3.63) is 38.8 Å². The first-order chi connectivity index (χ1) is 11.6. The van der Waals surface area contributed by atoms with E-state index in [1.165, 1.54) is 26.2 Å². The second kappa shape index (κ2) is 7.38. The monoisotopic (exact) mass is 427 g/mol. The third-order valence-electron chi connectivity index (χ3n) is 2.98. The number of hydrogen-bond acceptors (Lipinski definition) is 7. The van der Waals surface area contributed by atoms with Crippen LogP contribution in [-0.2, 0) is 21.4 Å². The van der Waals surface area contributed by atoms with Crippen LogP contribution in [0.5, 0.6) is 0 Å². The summed E-state index contributed by atoms with van der Waals surface area (Å²) >= 11 is 17.4. The van der Waals surface area contributed by atoms with Crippen molar-refractivity contribution in [1.82, 2.24) is 9.29 Å². The fourth-order valence-electron chi connectivity index (χ4n) is 1.63. The van der Waals surface area contributed by atoms with Crippen LogP contribution in [0.25, 0.3) is 0 Å². The van der Waals surface area contributed by atoms with Gasteiger partial charge in [0.1, 0.15) is 17.4 Å². The number of sulfonamides is 1. The number of rotatable bonds is 5. The molecule has 136 valence electrons. The minimum atomic E-state index is -3.73. The molecule has 2 rings (SSSR count). The third-order valence-corrected chi connectivity index (χ3v) is 5.81. The number of hydrogen-bond donors (Lipinski definition) is 1. The number of anilines is 1. The molecule has 0 fully saturated rings.